The number of hydrogen-bond donors (Lipinski definition) is 1. The van der Waals surface area contributed by atoms with Crippen molar-refractivity contribution < 1.29 is 4.79 Å². The largest absolute Gasteiger partial charge is 0.326 e. The molecule has 2 aliphatic rings. The van der Waals surface area contributed by atoms with Gasteiger partial charge in [0.1, 0.15) is 0 Å². The van der Waals surface area contributed by atoms with Crippen molar-refractivity contribution in [3.8, 4) is 0 Å². The third-order valence-electron chi connectivity index (χ3n) is 4.23. The molecular weight excluding hydrogens is 236 g/mol. The fourth-order valence-electron chi connectivity index (χ4n) is 3.02. The van der Waals surface area contributed by atoms with Gasteiger partial charge in [-0.05, 0) is 37.0 Å². The summed E-state index contributed by atoms with van der Waals surface area (Å²) in [6, 6.07) is 0.0583. The van der Waals surface area contributed by atoms with Crippen LogP contribution < -0.4 is 5.32 Å². The molecule has 2 rings (SSSR count). The topological polar surface area (TPSA) is 32.3 Å². The molecule has 19 heavy (non-hydrogen) atoms. The van der Waals surface area contributed by atoms with E-state index in [0.717, 1.165) is 25.3 Å². The molecule has 1 heterocycles. The Hall–Kier alpha value is -0.570. The summed E-state index contributed by atoms with van der Waals surface area (Å²) in [7, 11) is 0. The Bertz CT molecular complexity index is 310. The average molecular weight is 266 g/mol. The Morgan fingerprint density at radius 3 is 2.32 bits per heavy atom. The van der Waals surface area contributed by atoms with Crippen molar-refractivity contribution in [1.82, 2.24) is 10.2 Å². The highest BCUT2D eigenvalue weighted by Crippen LogP contribution is 2.33. The van der Waals surface area contributed by atoms with Crippen LogP contribution in [-0.4, -0.2) is 29.6 Å². The van der Waals surface area contributed by atoms with Gasteiger partial charge in [0.15, 0.2) is 0 Å². The SMILES string of the molecule is CC(C)CC1NC(CC(C)C)N(CCC2CC2)C1=O. The summed E-state index contributed by atoms with van der Waals surface area (Å²) in [4.78, 5) is 14.7. The zero-order valence-corrected chi connectivity index (χ0v) is 13.0. The molecule has 0 spiro atoms. The zero-order valence-electron chi connectivity index (χ0n) is 13.0. The highest BCUT2D eigenvalue weighted by atomic mass is 16.2. The fourth-order valence-corrected chi connectivity index (χ4v) is 3.02. The Kier molecular flexibility index (Phi) is 4.88. The number of amides is 1. The lowest BCUT2D eigenvalue weighted by atomic mass is 10.0. The first-order valence-corrected chi connectivity index (χ1v) is 8.04. The molecule has 0 aromatic carbocycles. The van der Waals surface area contributed by atoms with E-state index in [1.807, 2.05) is 0 Å². The molecule has 3 heteroatoms. The van der Waals surface area contributed by atoms with E-state index in [1.54, 1.807) is 0 Å². The van der Waals surface area contributed by atoms with Gasteiger partial charge in [-0.1, -0.05) is 40.5 Å². The van der Waals surface area contributed by atoms with Crippen LogP contribution in [0.25, 0.3) is 0 Å². The molecule has 1 aliphatic carbocycles. The van der Waals surface area contributed by atoms with Crippen LogP contribution in [0.4, 0.5) is 0 Å². The lowest BCUT2D eigenvalue weighted by molar-refractivity contribution is -0.130. The molecule has 1 saturated carbocycles. The van der Waals surface area contributed by atoms with Crippen molar-refractivity contribution in [1.29, 1.82) is 0 Å². The second-order valence-corrected chi connectivity index (χ2v) is 7.26. The van der Waals surface area contributed by atoms with Crippen LogP contribution in [0, 0.1) is 17.8 Å². The predicted octanol–water partition coefficient (Wildman–Crippen LogP) is 3.01. The molecule has 2 fully saturated rings. The maximum absolute atomic E-state index is 12.5. The van der Waals surface area contributed by atoms with Gasteiger partial charge >= 0.3 is 0 Å². The third-order valence-corrected chi connectivity index (χ3v) is 4.23. The highest BCUT2D eigenvalue weighted by molar-refractivity contribution is 5.84. The summed E-state index contributed by atoms with van der Waals surface area (Å²) in [6.07, 6.45) is 6.27. The summed E-state index contributed by atoms with van der Waals surface area (Å²) < 4.78 is 0. The van der Waals surface area contributed by atoms with Crippen molar-refractivity contribution >= 4 is 5.91 Å². The van der Waals surface area contributed by atoms with Gasteiger partial charge in [0.2, 0.25) is 5.91 Å². The number of nitrogens with zero attached hydrogens (tertiary/aromatic N) is 1. The highest BCUT2D eigenvalue weighted by Gasteiger charge is 2.39. The van der Waals surface area contributed by atoms with E-state index in [-0.39, 0.29) is 12.2 Å². The maximum atomic E-state index is 12.5. The van der Waals surface area contributed by atoms with Crippen molar-refractivity contribution in [2.75, 3.05) is 6.54 Å². The predicted molar refractivity (Wildman–Crippen MR) is 78.7 cm³/mol. The van der Waals surface area contributed by atoms with Gasteiger partial charge in [-0.15, -0.1) is 0 Å². The van der Waals surface area contributed by atoms with Gasteiger partial charge in [-0.25, -0.2) is 0 Å². The van der Waals surface area contributed by atoms with Gasteiger partial charge in [0.25, 0.3) is 0 Å². The fraction of sp³-hybridized carbons (Fsp3) is 0.938. The molecule has 1 N–H and O–H groups in total. The van der Waals surface area contributed by atoms with Gasteiger partial charge in [0.05, 0.1) is 12.2 Å². The first kappa shape index (κ1) is 14.8. The Morgan fingerprint density at radius 1 is 1.16 bits per heavy atom. The summed E-state index contributed by atoms with van der Waals surface area (Å²) in [5, 5.41) is 3.57. The van der Waals surface area contributed by atoms with E-state index in [9.17, 15) is 4.79 Å². The molecule has 0 aromatic rings. The molecule has 1 aliphatic heterocycles. The Labute approximate surface area is 118 Å². The summed E-state index contributed by atoms with van der Waals surface area (Å²) in [5.41, 5.74) is 0. The number of nitrogens with one attached hydrogen (secondary N) is 1. The Morgan fingerprint density at radius 2 is 1.79 bits per heavy atom. The van der Waals surface area contributed by atoms with Crippen molar-refractivity contribution in [2.45, 2.75) is 72.0 Å². The van der Waals surface area contributed by atoms with Crippen LogP contribution in [0.2, 0.25) is 0 Å². The van der Waals surface area contributed by atoms with E-state index < -0.39 is 0 Å². The monoisotopic (exact) mass is 266 g/mol. The van der Waals surface area contributed by atoms with Crippen LogP contribution in [0.5, 0.6) is 0 Å². The molecule has 3 nitrogen and oxygen atoms in total. The molecule has 110 valence electrons. The minimum atomic E-state index is 0.0583. The molecule has 1 amide bonds. The van der Waals surface area contributed by atoms with E-state index in [4.69, 9.17) is 0 Å². The third kappa shape index (κ3) is 4.20. The molecule has 2 atom stereocenters. The number of hydrogen-bond acceptors (Lipinski definition) is 2. The molecule has 1 saturated heterocycles. The maximum Gasteiger partial charge on any atom is 0.241 e. The quantitative estimate of drug-likeness (QED) is 0.768. The van der Waals surface area contributed by atoms with E-state index in [1.165, 1.54) is 19.3 Å². The number of carbonyl (C=O) groups is 1. The normalized spacial score (nSPS) is 27.9. The second kappa shape index (κ2) is 6.25. The number of rotatable bonds is 7. The average Bonchev–Trinajstić information content (AvgIpc) is 3.06. The van der Waals surface area contributed by atoms with Gasteiger partial charge < -0.3 is 4.90 Å². The minimum absolute atomic E-state index is 0.0583. The van der Waals surface area contributed by atoms with Gasteiger partial charge in [-0.2, -0.15) is 0 Å². The lowest BCUT2D eigenvalue weighted by Gasteiger charge is -2.25. The smallest absolute Gasteiger partial charge is 0.241 e. The van der Waals surface area contributed by atoms with E-state index >= 15 is 0 Å². The zero-order chi connectivity index (χ0) is 14.0. The summed E-state index contributed by atoms with van der Waals surface area (Å²) >= 11 is 0. The van der Waals surface area contributed by atoms with Crippen LogP contribution in [-0.2, 0) is 4.79 Å². The molecular formula is C16H30N2O. The van der Waals surface area contributed by atoms with Gasteiger partial charge in [-0.3, -0.25) is 10.1 Å². The van der Waals surface area contributed by atoms with Crippen molar-refractivity contribution in [2.24, 2.45) is 17.8 Å². The van der Waals surface area contributed by atoms with Crippen LogP contribution in [0.15, 0.2) is 0 Å². The molecule has 0 radical (unpaired) electrons. The van der Waals surface area contributed by atoms with Crippen LogP contribution in [0.3, 0.4) is 0 Å². The standard InChI is InChI=1S/C16H30N2O/c1-11(2)9-14-16(19)18(8-7-13-5-6-13)15(17-14)10-12(3)4/h11-15,17H,5-10H2,1-4H3. The summed E-state index contributed by atoms with van der Waals surface area (Å²) in [5.74, 6) is 2.45. The van der Waals surface area contributed by atoms with Crippen LogP contribution in [0.1, 0.15) is 59.8 Å². The van der Waals surface area contributed by atoms with E-state index in [0.29, 0.717) is 17.7 Å². The first-order chi connectivity index (χ1) is 8.97. The number of carbonyl (C=O) groups excluding carboxylic acids is 1. The first-order valence-electron chi connectivity index (χ1n) is 8.04. The van der Waals surface area contributed by atoms with Crippen molar-refractivity contribution in [3.63, 3.8) is 0 Å². The Balaban J connectivity index is 1.94. The molecule has 2 unspecified atom stereocenters. The van der Waals surface area contributed by atoms with Gasteiger partial charge in [0, 0.05) is 6.54 Å². The second-order valence-electron chi connectivity index (χ2n) is 7.26. The lowest BCUT2D eigenvalue weighted by Crippen LogP contribution is -2.39. The summed E-state index contributed by atoms with van der Waals surface area (Å²) in [6.45, 7) is 9.82. The minimum Gasteiger partial charge on any atom is -0.326 e. The van der Waals surface area contributed by atoms with E-state index in [2.05, 4.69) is 37.9 Å². The molecule has 0 bridgehead atoms. The van der Waals surface area contributed by atoms with Crippen molar-refractivity contribution in [3.05, 3.63) is 0 Å². The van der Waals surface area contributed by atoms with Crippen LogP contribution >= 0.6 is 0 Å². The molecule has 0 aromatic heterocycles.